The van der Waals surface area contributed by atoms with Crippen molar-refractivity contribution in [2.24, 2.45) is 14.1 Å². The van der Waals surface area contributed by atoms with E-state index in [2.05, 4.69) is 20.3 Å². The number of aryl methyl sites for hydroxylation is 1. The van der Waals surface area contributed by atoms with Gasteiger partial charge in [-0.2, -0.15) is 13.2 Å². The van der Waals surface area contributed by atoms with Gasteiger partial charge in [-0.25, -0.2) is 24.1 Å². The van der Waals surface area contributed by atoms with E-state index in [-0.39, 0.29) is 39.5 Å². The molecule has 3 aromatic heterocycles. The molecule has 0 spiro atoms. The molecule has 1 amide bonds. The number of nitrogens with one attached hydrogen (secondary N) is 1. The van der Waals surface area contributed by atoms with Crippen LogP contribution in [0.4, 0.5) is 22.7 Å². The first kappa shape index (κ1) is 23.2. The summed E-state index contributed by atoms with van der Waals surface area (Å²) in [4.78, 5) is 49.2. The maximum absolute atomic E-state index is 13.7. The van der Waals surface area contributed by atoms with Gasteiger partial charge >= 0.3 is 11.9 Å². The van der Waals surface area contributed by atoms with Gasteiger partial charge in [-0.05, 0) is 18.2 Å². The molecule has 0 saturated heterocycles. The molecule has 0 atom stereocenters. The smallest absolute Gasteiger partial charge is 0.302 e. The van der Waals surface area contributed by atoms with Gasteiger partial charge in [0.1, 0.15) is 17.5 Å². The van der Waals surface area contributed by atoms with Crippen molar-refractivity contribution < 1.29 is 22.4 Å². The van der Waals surface area contributed by atoms with Crippen LogP contribution >= 0.6 is 11.3 Å². The fourth-order valence-electron chi connectivity index (χ4n) is 3.27. The number of aromatic nitrogens is 5. The van der Waals surface area contributed by atoms with E-state index in [1.165, 1.54) is 19.5 Å². The Labute approximate surface area is 191 Å². The maximum atomic E-state index is 13.7. The van der Waals surface area contributed by atoms with Gasteiger partial charge in [0.05, 0.1) is 23.4 Å². The van der Waals surface area contributed by atoms with Crippen molar-refractivity contribution in [2.75, 3.05) is 5.32 Å². The van der Waals surface area contributed by atoms with Gasteiger partial charge in [0, 0.05) is 25.0 Å². The Morgan fingerprint density at radius 2 is 1.85 bits per heavy atom. The van der Waals surface area contributed by atoms with Crippen molar-refractivity contribution in [3.05, 3.63) is 67.8 Å². The number of thiazole rings is 1. The molecule has 0 aliphatic carbocycles. The number of anilines is 1. The standard InChI is InChI=1S/C20H14F4N6O3S/c1-29-16-15(17(32)30(2)19(29)33)12(25-8-26-16)6-14(31)28-18-27-13(7-34-18)9-3-10(20(22,23)24)5-11(21)4-9/h3-5,7-8H,6H2,1-2H3,(H,27,28,31). The molecule has 0 saturated carbocycles. The Kier molecular flexibility index (Phi) is 5.77. The van der Waals surface area contributed by atoms with Gasteiger partial charge in [-0.3, -0.25) is 18.7 Å². The Bertz CT molecular complexity index is 1560. The maximum Gasteiger partial charge on any atom is 0.416 e. The van der Waals surface area contributed by atoms with Gasteiger partial charge in [0.25, 0.3) is 5.56 Å². The van der Waals surface area contributed by atoms with E-state index in [1.54, 1.807) is 0 Å². The molecule has 14 heteroatoms. The Hall–Kier alpha value is -3.94. The normalized spacial score (nSPS) is 11.7. The number of halogens is 4. The monoisotopic (exact) mass is 494 g/mol. The molecular formula is C20H14F4N6O3S. The third-order valence-corrected chi connectivity index (χ3v) is 5.67. The number of amides is 1. The molecule has 0 radical (unpaired) electrons. The van der Waals surface area contributed by atoms with Crippen LogP contribution in [-0.2, 0) is 31.5 Å². The average Bonchev–Trinajstić information content (AvgIpc) is 3.23. The lowest BCUT2D eigenvalue weighted by Crippen LogP contribution is -2.38. The summed E-state index contributed by atoms with van der Waals surface area (Å²) in [5, 5.41) is 3.90. The van der Waals surface area contributed by atoms with Gasteiger partial charge in [0.2, 0.25) is 5.91 Å². The summed E-state index contributed by atoms with van der Waals surface area (Å²) < 4.78 is 54.6. The van der Waals surface area contributed by atoms with E-state index in [0.29, 0.717) is 6.07 Å². The van der Waals surface area contributed by atoms with Gasteiger partial charge in [-0.1, -0.05) is 0 Å². The van der Waals surface area contributed by atoms with Crippen LogP contribution in [0.5, 0.6) is 0 Å². The van der Waals surface area contributed by atoms with Crippen LogP contribution in [0.25, 0.3) is 22.3 Å². The highest BCUT2D eigenvalue weighted by molar-refractivity contribution is 7.14. The summed E-state index contributed by atoms with van der Waals surface area (Å²) in [6.07, 6.45) is -3.97. The number of benzene rings is 1. The number of hydrogen-bond donors (Lipinski definition) is 1. The van der Waals surface area contributed by atoms with Crippen LogP contribution in [0.1, 0.15) is 11.3 Å². The third kappa shape index (κ3) is 4.31. The number of carbonyl (C=O) groups is 1. The highest BCUT2D eigenvalue weighted by Crippen LogP contribution is 2.34. The molecule has 0 bridgehead atoms. The molecule has 34 heavy (non-hydrogen) atoms. The first-order valence-corrected chi connectivity index (χ1v) is 10.4. The lowest BCUT2D eigenvalue weighted by atomic mass is 10.1. The Balaban J connectivity index is 1.60. The SMILES string of the molecule is Cn1c(=O)c2c(CC(=O)Nc3nc(-c4cc(F)cc(C(F)(F)F)c4)cs3)ncnc2n(C)c1=O. The Morgan fingerprint density at radius 1 is 1.12 bits per heavy atom. The third-order valence-electron chi connectivity index (χ3n) is 4.92. The zero-order valence-electron chi connectivity index (χ0n) is 17.5. The van der Waals surface area contributed by atoms with Crippen LogP contribution in [0.2, 0.25) is 0 Å². The Morgan fingerprint density at radius 3 is 2.56 bits per heavy atom. The topological polar surface area (TPSA) is 112 Å². The summed E-state index contributed by atoms with van der Waals surface area (Å²) in [5.41, 5.74) is -2.33. The number of fused-ring (bicyclic) bond motifs is 1. The molecule has 0 fully saturated rings. The molecule has 0 aliphatic rings. The van der Waals surface area contributed by atoms with Crippen molar-refractivity contribution in [1.29, 1.82) is 0 Å². The van der Waals surface area contributed by atoms with Crippen LogP contribution in [0, 0.1) is 5.82 Å². The minimum Gasteiger partial charge on any atom is -0.302 e. The van der Waals surface area contributed by atoms with E-state index >= 15 is 0 Å². The summed E-state index contributed by atoms with van der Waals surface area (Å²) >= 11 is 0.925. The molecule has 4 aromatic rings. The zero-order valence-corrected chi connectivity index (χ0v) is 18.3. The van der Waals surface area contributed by atoms with Crippen molar-refractivity contribution in [2.45, 2.75) is 12.6 Å². The van der Waals surface area contributed by atoms with Crippen LogP contribution in [0.3, 0.4) is 0 Å². The summed E-state index contributed by atoms with van der Waals surface area (Å²) in [6, 6.07) is 2.05. The molecule has 0 aliphatic heterocycles. The van der Waals surface area contributed by atoms with E-state index in [1.807, 2.05) is 0 Å². The van der Waals surface area contributed by atoms with E-state index in [4.69, 9.17) is 0 Å². The van der Waals surface area contributed by atoms with Crippen molar-refractivity contribution >= 4 is 33.4 Å². The number of alkyl halides is 3. The lowest BCUT2D eigenvalue weighted by Gasteiger charge is -2.09. The summed E-state index contributed by atoms with van der Waals surface area (Å²) in [5.74, 6) is -1.69. The van der Waals surface area contributed by atoms with Crippen molar-refractivity contribution in [1.82, 2.24) is 24.1 Å². The second kappa shape index (κ2) is 8.44. The van der Waals surface area contributed by atoms with Crippen LogP contribution in [-0.4, -0.2) is 30.0 Å². The van der Waals surface area contributed by atoms with Crippen molar-refractivity contribution in [3.63, 3.8) is 0 Å². The quantitative estimate of drug-likeness (QED) is 0.437. The number of hydrogen-bond acceptors (Lipinski definition) is 7. The lowest BCUT2D eigenvalue weighted by molar-refractivity contribution is -0.137. The molecule has 0 unspecified atom stereocenters. The minimum atomic E-state index is -4.73. The molecular weight excluding hydrogens is 480 g/mol. The summed E-state index contributed by atoms with van der Waals surface area (Å²) in [6.45, 7) is 0. The van der Waals surface area contributed by atoms with E-state index in [0.717, 1.165) is 38.9 Å². The minimum absolute atomic E-state index is 0.00141. The molecule has 1 aromatic carbocycles. The van der Waals surface area contributed by atoms with Gasteiger partial charge < -0.3 is 5.32 Å². The second-order valence-electron chi connectivity index (χ2n) is 7.21. The van der Waals surface area contributed by atoms with E-state index < -0.39 is 34.7 Å². The molecule has 176 valence electrons. The van der Waals surface area contributed by atoms with E-state index in [9.17, 15) is 31.9 Å². The highest BCUT2D eigenvalue weighted by Gasteiger charge is 2.31. The van der Waals surface area contributed by atoms with Crippen molar-refractivity contribution in [3.8, 4) is 11.3 Å². The molecule has 9 nitrogen and oxygen atoms in total. The first-order valence-electron chi connectivity index (χ1n) is 9.49. The highest BCUT2D eigenvalue weighted by atomic mass is 32.1. The molecule has 1 N–H and O–H groups in total. The fourth-order valence-corrected chi connectivity index (χ4v) is 4.01. The van der Waals surface area contributed by atoms with Crippen LogP contribution < -0.4 is 16.6 Å². The summed E-state index contributed by atoms with van der Waals surface area (Å²) in [7, 11) is 2.71. The van der Waals surface area contributed by atoms with Gasteiger partial charge in [-0.15, -0.1) is 11.3 Å². The first-order chi connectivity index (χ1) is 16.0. The predicted octanol–water partition coefficient (Wildman–Crippen LogP) is 2.49. The predicted molar refractivity (Wildman–Crippen MR) is 115 cm³/mol. The number of carbonyl (C=O) groups excluding carboxylic acids is 1. The second-order valence-corrected chi connectivity index (χ2v) is 8.07. The molecule has 4 rings (SSSR count). The molecule has 3 heterocycles. The largest absolute Gasteiger partial charge is 0.416 e. The number of rotatable bonds is 4. The number of nitrogens with zero attached hydrogens (tertiary/aromatic N) is 5. The fraction of sp³-hybridized carbons (Fsp3) is 0.200. The van der Waals surface area contributed by atoms with Gasteiger partial charge in [0.15, 0.2) is 10.8 Å². The average molecular weight is 494 g/mol. The van der Waals surface area contributed by atoms with Crippen LogP contribution in [0.15, 0.2) is 39.5 Å². The zero-order chi connectivity index (χ0) is 24.8.